The molecule has 0 fully saturated rings. The van der Waals surface area contributed by atoms with Crippen LogP contribution in [0.3, 0.4) is 0 Å². The van der Waals surface area contributed by atoms with Crippen LogP contribution in [0.1, 0.15) is 126 Å². The number of unbranched alkanes of at least 4 members (excludes halogenated alkanes) is 8. The SMILES string of the molecule is CCCCCCCCCCCC(=O)N(CCC)CC(=O)c1c(C(C)C)[nH]n(-c2ccc(C)cc2)c1=O. The second-order valence-corrected chi connectivity index (χ2v) is 10.3. The third-order valence-electron chi connectivity index (χ3n) is 6.74. The number of carbonyl (C=O) groups is 2. The molecule has 0 bridgehead atoms. The van der Waals surface area contributed by atoms with E-state index in [1.54, 1.807) is 4.90 Å². The molecule has 0 saturated carbocycles. The van der Waals surface area contributed by atoms with E-state index in [1.807, 2.05) is 52.0 Å². The minimum atomic E-state index is -0.351. The smallest absolute Gasteiger partial charge is 0.282 e. The molecular formula is C30H47N3O3. The number of nitrogens with one attached hydrogen (secondary N) is 1. The highest BCUT2D eigenvalue weighted by molar-refractivity contribution is 6.00. The van der Waals surface area contributed by atoms with Gasteiger partial charge in [-0.25, -0.2) is 4.68 Å². The number of hydrogen-bond donors (Lipinski definition) is 1. The van der Waals surface area contributed by atoms with E-state index in [0.29, 0.717) is 24.3 Å². The maximum atomic E-state index is 13.4. The summed E-state index contributed by atoms with van der Waals surface area (Å²) in [6.07, 6.45) is 12.0. The monoisotopic (exact) mass is 497 g/mol. The fraction of sp³-hybridized carbons (Fsp3) is 0.633. The molecule has 0 unspecified atom stereocenters. The Bertz CT molecular complexity index is 1000. The first-order valence-corrected chi connectivity index (χ1v) is 14.0. The molecule has 0 radical (unpaired) electrons. The van der Waals surface area contributed by atoms with Crippen LogP contribution in [0.15, 0.2) is 29.1 Å². The number of carbonyl (C=O) groups excluding carboxylic acids is 2. The van der Waals surface area contributed by atoms with Crippen LogP contribution in [0, 0.1) is 6.92 Å². The summed E-state index contributed by atoms with van der Waals surface area (Å²) < 4.78 is 1.44. The Balaban J connectivity index is 2.01. The van der Waals surface area contributed by atoms with Crippen molar-refractivity contribution in [3.05, 3.63) is 51.4 Å². The van der Waals surface area contributed by atoms with Crippen LogP contribution in [0.2, 0.25) is 0 Å². The van der Waals surface area contributed by atoms with E-state index in [9.17, 15) is 14.4 Å². The lowest BCUT2D eigenvalue weighted by Gasteiger charge is -2.21. The van der Waals surface area contributed by atoms with Gasteiger partial charge in [-0.2, -0.15) is 0 Å². The molecule has 2 aromatic rings. The molecule has 6 heteroatoms. The predicted octanol–water partition coefficient (Wildman–Crippen LogP) is 6.94. The number of benzene rings is 1. The van der Waals surface area contributed by atoms with Gasteiger partial charge in [0.25, 0.3) is 5.56 Å². The number of hydrogen-bond acceptors (Lipinski definition) is 3. The third-order valence-corrected chi connectivity index (χ3v) is 6.74. The maximum absolute atomic E-state index is 13.4. The van der Waals surface area contributed by atoms with Gasteiger partial charge in [0.15, 0.2) is 5.78 Å². The molecule has 2 rings (SSSR count). The molecule has 0 spiro atoms. The molecule has 0 saturated heterocycles. The highest BCUT2D eigenvalue weighted by atomic mass is 16.2. The number of aryl methyl sites for hydroxylation is 1. The number of Topliss-reactive ketones (excluding diaryl/α,β-unsaturated/α-hetero) is 1. The highest BCUT2D eigenvalue weighted by Crippen LogP contribution is 2.18. The van der Waals surface area contributed by atoms with Crippen molar-refractivity contribution in [1.29, 1.82) is 0 Å². The number of aromatic nitrogens is 2. The zero-order valence-corrected chi connectivity index (χ0v) is 23.2. The van der Waals surface area contributed by atoms with E-state index in [-0.39, 0.29) is 35.3 Å². The van der Waals surface area contributed by atoms with Crippen molar-refractivity contribution in [3.8, 4) is 5.69 Å². The normalized spacial score (nSPS) is 11.3. The van der Waals surface area contributed by atoms with E-state index in [0.717, 1.165) is 31.2 Å². The maximum Gasteiger partial charge on any atom is 0.282 e. The fourth-order valence-corrected chi connectivity index (χ4v) is 4.58. The van der Waals surface area contributed by atoms with Crippen molar-refractivity contribution in [2.45, 2.75) is 111 Å². The lowest BCUT2D eigenvalue weighted by atomic mass is 10.0. The average Bonchev–Trinajstić information content (AvgIpc) is 3.20. The van der Waals surface area contributed by atoms with Gasteiger partial charge < -0.3 is 4.90 Å². The molecule has 0 aliphatic carbocycles. The van der Waals surface area contributed by atoms with E-state index in [4.69, 9.17) is 0 Å². The number of rotatable bonds is 17. The zero-order valence-electron chi connectivity index (χ0n) is 23.2. The number of aromatic amines is 1. The van der Waals surface area contributed by atoms with E-state index >= 15 is 0 Å². The van der Waals surface area contributed by atoms with Gasteiger partial charge in [-0.15, -0.1) is 0 Å². The van der Waals surface area contributed by atoms with Crippen LogP contribution in [0.25, 0.3) is 5.69 Å². The Morgan fingerprint density at radius 1 is 0.889 bits per heavy atom. The summed E-state index contributed by atoms with van der Waals surface area (Å²) in [5.74, 6) is -0.311. The van der Waals surface area contributed by atoms with Gasteiger partial charge >= 0.3 is 0 Å². The molecule has 0 aliphatic heterocycles. The molecule has 1 amide bonds. The lowest BCUT2D eigenvalue weighted by Crippen LogP contribution is -2.37. The first-order chi connectivity index (χ1) is 17.3. The van der Waals surface area contributed by atoms with Crippen LogP contribution >= 0.6 is 0 Å². The van der Waals surface area contributed by atoms with Gasteiger partial charge in [-0.1, -0.05) is 96.8 Å². The van der Waals surface area contributed by atoms with Crippen molar-refractivity contribution in [2.75, 3.05) is 13.1 Å². The largest absolute Gasteiger partial charge is 0.335 e. The molecule has 1 heterocycles. The minimum absolute atomic E-state index is 0.00800. The second-order valence-electron chi connectivity index (χ2n) is 10.3. The van der Waals surface area contributed by atoms with Crippen molar-refractivity contribution < 1.29 is 9.59 Å². The molecule has 0 aliphatic rings. The zero-order chi connectivity index (χ0) is 26.5. The molecular weight excluding hydrogens is 450 g/mol. The summed E-state index contributed by atoms with van der Waals surface area (Å²) in [4.78, 5) is 41.3. The summed E-state index contributed by atoms with van der Waals surface area (Å²) in [7, 11) is 0. The number of ketones is 1. The summed E-state index contributed by atoms with van der Waals surface area (Å²) in [6.45, 7) is 10.6. The Labute approximate surface area is 217 Å². The second kappa shape index (κ2) is 15.5. The van der Waals surface area contributed by atoms with Crippen molar-refractivity contribution in [3.63, 3.8) is 0 Å². The first-order valence-electron chi connectivity index (χ1n) is 14.0. The van der Waals surface area contributed by atoms with Gasteiger partial charge in [-0.05, 0) is 37.8 Å². The predicted molar refractivity (Wildman–Crippen MR) is 148 cm³/mol. The average molecular weight is 498 g/mol. The fourth-order valence-electron chi connectivity index (χ4n) is 4.58. The lowest BCUT2D eigenvalue weighted by molar-refractivity contribution is -0.130. The minimum Gasteiger partial charge on any atom is -0.335 e. The van der Waals surface area contributed by atoms with Crippen LogP contribution in [0.4, 0.5) is 0 Å². The number of nitrogens with zero attached hydrogens (tertiary/aromatic N) is 2. The summed E-state index contributed by atoms with van der Waals surface area (Å²) >= 11 is 0. The first kappa shape index (κ1) is 29.6. The van der Waals surface area contributed by atoms with E-state index in [1.165, 1.54) is 43.2 Å². The van der Waals surface area contributed by atoms with E-state index in [2.05, 4.69) is 12.0 Å². The molecule has 1 N–H and O–H groups in total. The topological polar surface area (TPSA) is 75.2 Å². The summed E-state index contributed by atoms with van der Waals surface area (Å²) in [6, 6.07) is 7.61. The van der Waals surface area contributed by atoms with Crippen LogP contribution < -0.4 is 5.56 Å². The van der Waals surface area contributed by atoms with Crippen molar-refractivity contribution in [2.24, 2.45) is 0 Å². The molecule has 1 aromatic carbocycles. The van der Waals surface area contributed by atoms with Crippen LogP contribution in [-0.2, 0) is 4.79 Å². The number of H-pyrrole nitrogens is 1. The van der Waals surface area contributed by atoms with Crippen LogP contribution in [-0.4, -0.2) is 39.5 Å². The Morgan fingerprint density at radius 2 is 1.47 bits per heavy atom. The van der Waals surface area contributed by atoms with Gasteiger partial charge in [0.2, 0.25) is 5.91 Å². The standard InChI is InChI=1S/C30H47N3O3/c1-6-8-9-10-11-12-13-14-15-16-27(35)32(21-7-2)22-26(34)28-29(23(3)4)31-33(30(28)36)25-19-17-24(5)18-20-25/h17-20,23,31H,6-16,21-22H2,1-5H3. The van der Waals surface area contributed by atoms with Crippen LogP contribution in [0.5, 0.6) is 0 Å². The molecule has 1 aromatic heterocycles. The van der Waals surface area contributed by atoms with Gasteiger partial charge in [0.05, 0.1) is 17.9 Å². The Kier molecular flexibility index (Phi) is 12.7. The van der Waals surface area contributed by atoms with Gasteiger partial charge in [0, 0.05) is 13.0 Å². The third kappa shape index (κ3) is 8.79. The van der Waals surface area contributed by atoms with E-state index < -0.39 is 0 Å². The summed E-state index contributed by atoms with van der Waals surface area (Å²) in [5, 5.41) is 3.15. The number of amides is 1. The van der Waals surface area contributed by atoms with Crippen molar-refractivity contribution in [1.82, 2.24) is 14.7 Å². The molecule has 36 heavy (non-hydrogen) atoms. The summed E-state index contributed by atoms with van der Waals surface area (Å²) in [5.41, 5.74) is 2.23. The molecule has 0 atom stereocenters. The highest BCUT2D eigenvalue weighted by Gasteiger charge is 2.26. The van der Waals surface area contributed by atoms with Crippen molar-refractivity contribution >= 4 is 11.7 Å². The molecule has 200 valence electrons. The van der Waals surface area contributed by atoms with Gasteiger partial charge in [-0.3, -0.25) is 19.5 Å². The van der Waals surface area contributed by atoms with Gasteiger partial charge in [0.1, 0.15) is 5.56 Å². The Morgan fingerprint density at radius 3 is 2.03 bits per heavy atom. The quantitative estimate of drug-likeness (QED) is 0.190. The molecule has 6 nitrogen and oxygen atoms in total. The Hall–Kier alpha value is -2.63.